The average molecular weight is 308 g/mol. The molecule has 3 rings (SSSR count). The Balaban J connectivity index is 1.60. The summed E-state index contributed by atoms with van der Waals surface area (Å²) in [6.45, 7) is 2.42. The first-order valence-corrected chi connectivity index (χ1v) is 7.47. The van der Waals surface area contributed by atoms with E-state index in [-0.39, 0.29) is 0 Å². The van der Waals surface area contributed by atoms with Gasteiger partial charge in [0.15, 0.2) is 5.82 Å². The van der Waals surface area contributed by atoms with Gasteiger partial charge >= 0.3 is 0 Å². The minimum Gasteiger partial charge on any atom is -0.377 e. The number of hydrogen-bond donors (Lipinski definition) is 0. The molecule has 0 aliphatic carbocycles. The van der Waals surface area contributed by atoms with Crippen molar-refractivity contribution in [3.63, 3.8) is 0 Å². The molecule has 0 bridgehead atoms. The third-order valence-electron chi connectivity index (χ3n) is 3.51. The quantitative estimate of drug-likeness (QED) is 0.850. The van der Waals surface area contributed by atoms with Crippen LogP contribution in [0.3, 0.4) is 0 Å². The maximum absolute atomic E-state index is 5.87. The molecule has 0 saturated carbocycles. The van der Waals surface area contributed by atoms with Crippen molar-refractivity contribution in [1.29, 1.82) is 0 Å². The third kappa shape index (κ3) is 3.81. The van der Waals surface area contributed by atoms with Gasteiger partial charge in [-0.1, -0.05) is 16.8 Å². The maximum Gasteiger partial charge on any atom is 0.257 e. The van der Waals surface area contributed by atoms with Crippen molar-refractivity contribution in [2.45, 2.75) is 25.5 Å². The van der Waals surface area contributed by atoms with Gasteiger partial charge in [-0.25, -0.2) is 0 Å². The van der Waals surface area contributed by atoms with Crippen LogP contribution in [0.2, 0.25) is 5.02 Å². The highest BCUT2D eigenvalue weighted by Gasteiger charge is 2.18. The predicted octanol–water partition coefficient (Wildman–Crippen LogP) is 3.00. The lowest BCUT2D eigenvalue weighted by Crippen LogP contribution is -2.28. The van der Waals surface area contributed by atoms with Crippen LogP contribution in [0.15, 0.2) is 28.8 Å². The van der Waals surface area contributed by atoms with E-state index in [0.717, 1.165) is 31.6 Å². The topological polar surface area (TPSA) is 51.4 Å². The zero-order valence-electron chi connectivity index (χ0n) is 12.0. The SMILES string of the molecule is CN(Cc1noc(-c2ccc(Cl)cc2)n1)C[C@H]1CCCO1. The summed E-state index contributed by atoms with van der Waals surface area (Å²) >= 11 is 5.87. The first-order chi connectivity index (χ1) is 10.2. The van der Waals surface area contributed by atoms with Gasteiger partial charge in [0.1, 0.15) is 0 Å². The largest absolute Gasteiger partial charge is 0.377 e. The summed E-state index contributed by atoms with van der Waals surface area (Å²) in [7, 11) is 2.04. The molecule has 1 aliphatic heterocycles. The van der Waals surface area contributed by atoms with E-state index in [1.54, 1.807) is 0 Å². The van der Waals surface area contributed by atoms with Gasteiger partial charge < -0.3 is 9.26 Å². The lowest BCUT2D eigenvalue weighted by Gasteiger charge is -2.18. The van der Waals surface area contributed by atoms with Gasteiger partial charge in [-0.2, -0.15) is 4.98 Å². The Morgan fingerprint density at radius 2 is 2.14 bits per heavy atom. The number of benzene rings is 1. The van der Waals surface area contributed by atoms with Crippen molar-refractivity contribution in [2.75, 3.05) is 20.2 Å². The predicted molar refractivity (Wildman–Crippen MR) is 80.1 cm³/mol. The Bertz CT molecular complexity index is 579. The number of nitrogens with zero attached hydrogens (tertiary/aromatic N) is 3. The number of hydrogen-bond acceptors (Lipinski definition) is 5. The van der Waals surface area contributed by atoms with Gasteiger partial charge in [0.2, 0.25) is 0 Å². The summed E-state index contributed by atoms with van der Waals surface area (Å²) in [5.74, 6) is 1.20. The Morgan fingerprint density at radius 1 is 1.33 bits per heavy atom. The van der Waals surface area contributed by atoms with Gasteiger partial charge in [0.05, 0.1) is 12.6 Å². The van der Waals surface area contributed by atoms with Crippen LogP contribution in [0.1, 0.15) is 18.7 Å². The molecule has 21 heavy (non-hydrogen) atoms. The highest BCUT2D eigenvalue weighted by Crippen LogP contribution is 2.20. The van der Waals surface area contributed by atoms with Gasteiger partial charge in [-0.15, -0.1) is 0 Å². The molecule has 0 N–H and O–H groups in total. The van der Waals surface area contributed by atoms with Gasteiger partial charge in [-0.05, 0) is 44.2 Å². The van der Waals surface area contributed by atoms with Crippen LogP contribution in [0.4, 0.5) is 0 Å². The first-order valence-electron chi connectivity index (χ1n) is 7.09. The van der Waals surface area contributed by atoms with Crippen molar-refractivity contribution >= 4 is 11.6 Å². The average Bonchev–Trinajstić information content (AvgIpc) is 3.11. The monoisotopic (exact) mass is 307 g/mol. The van der Waals surface area contributed by atoms with E-state index >= 15 is 0 Å². The van der Waals surface area contributed by atoms with Crippen LogP contribution >= 0.6 is 11.6 Å². The van der Waals surface area contributed by atoms with Crippen LogP contribution in [0.5, 0.6) is 0 Å². The number of ether oxygens (including phenoxy) is 1. The molecule has 1 fully saturated rings. The molecule has 1 atom stereocenters. The fraction of sp³-hybridized carbons (Fsp3) is 0.467. The molecule has 1 aliphatic rings. The van der Waals surface area contributed by atoms with Gasteiger partial charge in [-0.3, -0.25) is 4.90 Å². The van der Waals surface area contributed by atoms with Crippen molar-refractivity contribution in [3.05, 3.63) is 35.1 Å². The fourth-order valence-corrected chi connectivity index (χ4v) is 2.60. The van der Waals surface area contributed by atoms with E-state index in [1.165, 1.54) is 0 Å². The normalized spacial score (nSPS) is 18.5. The molecule has 1 aromatic carbocycles. The summed E-state index contributed by atoms with van der Waals surface area (Å²) in [6, 6.07) is 7.36. The van der Waals surface area contributed by atoms with E-state index in [1.807, 2.05) is 31.3 Å². The third-order valence-corrected chi connectivity index (χ3v) is 3.76. The minimum absolute atomic E-state index is 0.331. The van der Waals surface area contributed by atoms with E-state index in [4.69, 9.17) is 20.9 Å². The highest BCUT2D eigenvalue weighted by atomic mass is 35.5. The van der Waals surface area contributed by atoms with Crippen LogP contribution in [-0.4, -0.2) is 41.3 Å². The first kappa shape index (κ1) is 14.5. The summed E-state index contributed by atoms with van der Waals surface area (Å²) in [5.41, 5.74) is 0.875. The lowest BCUT2D eigenvalue weighted by molar-refractivity contribution is 0.0784. The number of likely N-dealkylation sites (N-methyl/N-ethyl adjacent to an activating group) is 1. The van der Waals surface area contributed by atoms with Gasteiger partial charge in [0, 0.05) is 23.7 Å². The second-order valence-corrected chi connectivity index (χ2v) is 5.79. The van der Waals surface area contributed by atoms with E-state index in [0.29, 0.717) is 29.4 Å². The standard InChI is InChI=1S/C15H18ClN3O2/c1-19(9-13-3-2-8-20-13)10-14-17-15(21-18-14)11-4-6-12(16)7-5-11/h4-7,13H,2-3,8-10H2,1H3/t13-/m1/s1. The lowest BCUT2D eigenvalue weighted by atomic mass is 10.2. The zero-order chi connectivity index (χ0) is 14.7. The fourth-order valence-electron chi connectivity index (χ4n) is 2.47. The van der Waals surface area contributed by atoms with Gasteiger partial charge in [0.25, 0.3) is 5.89 Å². The van der Waals surface area contributed by atoms with Crippen molar-refractivity contribution < 1.29 is 9.26 Å². The molecule has 1 saturated heterocycles. The van der Waals surface area contributed by atoms with Crippen molar-refractivity contribution in [3.8, 4) is 11.5 Å². The minimum atomic E-state index is 0.331. The molecule has 2 heterocycles. The highest BCUT2D eigenvalue weighted by molar-refractivity contribution is 6.30. The Morgan fingerprint density at radius 3 is 2.86 bits per heavy atom. The van der Waals surface area contributed by atoms with Crippen LogP contribution in [0.25, 0.3) is 11.5 Å². The van der Waals surface area contributed by atoms with Crippen molar-refractivity contribution in [1.82, 2.24) is 15.0 Å². The van der Waals surface area contributed by atoms with E-state index in [9.17, 15) is 0 Å². The van der Waals surface area contributed by atoms with Crippen LogP contribution in [0, 0.1) is 0 Å². The number of rotatable bonds is 5. The van der Waals surface area contributed by atoms with Crippen LogP contribution < -0.4 is 0 Å². The molecular formula is C15H18ClN3O2. The van der Waals surface area contributed by atoms with Crippen LogP contribution in [-0.2, 0) is 11.3 Å². The molecule has 2 aromatic rings. The summed E-state index contributed by atoms with van der Waals surface area (Å²) < 4.78 is 10.9. The molecule has 1 aromatic heterocycles. The Kier molecular flexibility index (Phi) is 4.53. The van der Waals surface area contributed by atoms with E-state index < -0.39 is 0 Å². The number of halogens is 1. The summed E-state index contributed by atoms with van der Waals surface area (Å²) in [6.07, 6.45) is 2.62. The summed E-state index contributed by atoms with van der Waals surface area (Å²) in [5, 5.41) is 4.72. The molecule has 6 heteroatoms. The molecular weight excluding hydrogens is 290 g/mol. The van der Waals surface area contributed by atoms with E-state index in [2.05, 4.69) is 15.0 Å². The van der Waals surface area contributed by atoms with Crippen molar-refractivity contribution in [2.24, 2.45) is 0 Å². The second-order valence-electron chi connectivity index (χ2n) is 5.35. The smallest absolute Gasteiger partial charge is 0.257 e. The molecule has 0 unspecified atom stereocenters. The summed E-state index contributed by atoms with van der Waals surface area (Å²) in [4.78, 5) is 6.58. The molecule has 0 spiro atoms. The Labute approximate surface area is 128 Å². The molecule has 0 radical (unpaired) electrons. The zero-order valence-corrected chi connectivity index (χ0v) is 12.7. The maximum atomic E-state index is 5.87. The molecule has 112 valence electrons. The Hall–Kier alpha value is -1.43. The number of aromatic nitrogens is 2. The second kappa shape index (κ2) is 6.56. The molecule has 0 amide bonds. The molecule has 5 nitrogen and oxygen atoms in total.